The first-order chi connectivity index (χ1) is 13.8. The molecule has 1 N–H and O–H groups in total. The van der Waals surface area contributed by atoms with Crippen LogP contribution in [-0.4, -0.2) is 24.6 Å². The number of anilines is 1. The predicted octanol–water partition coefficient (Wildman–Crippen LogP) is 5.00. The Morgan fingerprint density at radius 3 is 2.28 bits per heavy atom. The van der Waals surface area contributed by atoms with E-state index in [1.165, 1.54) is 37.3 Å². The third kappa shape index (κ3) is 7.03. The Bertz CT molecular complexity index is 863. The molecule has 5 nitrogen and oxygen atoms in total. The van der Waals surface area contributed by atoms with Crippen molar-refractivity contribution < 1.29 is 27.8 Å². The lowest BCUT2D eigenvalue weighted by Crippen LogP contribution is -2.29. The normalized spacial score (nSPS) is 12.2. The Kier molecular flexibility index (Phi) is 7.88. The standard InChI is InChI=1S/C22H23F2NO4/c1-14(2)18-6-4-5-7-19(18)25-21(27)15(3)28-20(26)13-10-16-8-11-17(12-9-16)29-22(23)24/h4-15,22H,1-3H3,(H,25,27)/b13-10+/t15-/m0/s1. The maximum atomic E-state index is 12.3. The molecule has 0 spiro atoms. The van der Waals surface area contributed by atoms with Crippen LogP contribution in [0.1, 0.15) is 37.8 Å². The lowest BCUT2D eigenvalue weighted by Gasteiger charge is -2.16. The molecule has 2 aromatic rings. The lowest BCUT2D eigenvalue weighted by atomic mass is 10.0. The number of esters is 1. The minimum atomic E-state index is -2.90. The molecule has 29 heavy (non-hydrogen) atoms. The van der Waals surface area contributed by atoms with E-state index in [1.54, 1.807) is 6.07 Å². The summed E-state index contributed by atoms with van der Waals surface area (Å²) in [5, 5.41) is 2.78. The van der Waals surface area contributed by atoms with Crippen LogP contribution >= 0.6 is 0 Å². The van der Waals surface area contributed by atoms with E-state index >= 15 is 0 Å². The molecule has 2 rings (SSSR count). The average molecular weight is 403 g/mol. The predicted molar refractivity (Wildman–Crippen MR) is 107 cm³/mol. The maximum Gasteiger partial charge on any atom is 0.387 e. The summed E-state index contributed by atoms with van der Waals surface area (Å²) in [6.45, 7) is 2.62. The van der Waals surface area contributed by atoms with Gasteiger partial charge in [-0.3, -0.25) is 4.79 Å². The van der Waals surface area contributed by atoms with Gasteiger partial charge >= 0.3 is 12.6 Å². The Morgan fingerprint density at radius 2 is 1.66 bits per heavy atom. The van der Waals surface area contributed by atoms with Crippen molar-refractivity contribution in [3.8, 4) is 5.75 Å². The first-order valence-electron chi connectivity index (χ1n) is 9.09. The van der Waals surface area contributed by atoms with E-state index in [9.17, 15) is 18.4 Å². The molecule has 0 aliphatic heterocycles. The summed E-state index contributed by atoms with van der Waals surface area (Å²) >= 11 is 0. The number of nitrogens with one attached hydrogen (secondary N) is 1. The zero-order chi connectivity index (χ0) is 21.4. The van der Waals surface area contributed by atoms with Crippen LogP contribution in [0.2, 0.25) is 0 Å². The summed E-state index contributed by atoms with van der Waals surface area (Å²) in [5.41, 5.74) is 2.25. The number of hydrogen-bond acceptors (Lipinski definition) is 4. The highest BCUT2D eigenvalue weighted by Crippen LogP contribution is 2.24. The number of alkyl halides is 2. The molecule has 154 valence electrons. The van der Waals surface area contributed by atoms with Crippen LogP contribution in [0.5, 0.6) is 5.75 Å². The Morgan fingerprint density at radius 1 is 1.00 bits per heavy atom. The Balaban J connectivity index is 1.91. The Hall–Kier alpha value is -3.22. The number of rotatable bonds is 8. The van der Waals surface area contributed by atoms with Gasteiger partial charge in [0.1, 0.15) is 5.75 Å². The molecule has 2 aromatic carbocycles. The molecule has 0 saturated carbocycles. The van der Waals surface area contributed by atoms with Crippen molar-refractivity contribution in [3.05, 3.63) is 65.7 Å². The molecule has 0 fully saturated rings. The fraction of sp³-hybridized carbons (Fsp3) is 0.273. The summed E-state index contributed by atoms with van der Waals surface area (Å²) in [6.07, 6.45) is 1.62. The van der Waals surface area contributed by atoms with Crippen LogP contribution in [0.4, 0.5) is 14.5 Å². The molecule has 1 amide bonds. The number of hydrogen-bond donors (Lipinski definition) is 1. The van der Waals surface area contributed by atoms with Gasteiger partial charge in [-0.2, -0.15) is 8.78 Å². The van der Waals surface area contributed by atoms with Gasteiger partial charge < -0.3 is 14.8 Å². The number of para-hydroxylation sites is 1. The summed E-state index contributed by atoms with van der Waals surface area (Å²) in [4.78, 5) is 24.3. The molecular formula is C22H23F2NO4. The molecule has 7 heteroatoms. The molecule has 0 aromatic heterocycles. The molecule has 1 atom stereocenters. The average Bonchev–Trinajstić information content (AvgIpc) is 2.67. The van der Waals surface area contributed by atoms with E-state index in [0.29, 0.717) is 11.3 Å². The van der Waals surface area contributed by atoms with Crippen molar-refractivity contribution >= 4 is 23.6 Å². The van der Waals surface area contributed by atoms with E-state index in [2.05, 4.69) is 10.1 Å². The first kappa shape index (κ1) is 22.1. The minimum absolute atomic E-state index is 0.0201. The lowest BCUT2D eigenvalue weighted by molar-refractivity contribution is -0.148. The second-order valence-corrected chi connectivity index (χ2v) is 6.59. The largest absolute Gasteiger partial charge is 0.449 e. The van der Waals surface area contributed by atoms with E-state index in [4.69, 9.17) is 4.74 Å². The molecule has 0 aliphatic carbocycles. The van der Waals surface area contributed by atoms with Crippen molar-refractivity contribution in [3.63, 3.8) is 0 Å². The number of amides is 1. The van der Waals surface area contributed by atoms with Crippen LogP contribution in [0.25, 0.3) is 6.08 Å². The molecule has 0 unspecified atom stereocenters. The monoisotopic (exact) mass is 403 g/mol. The third-order valence-corrected chi connectivity index (χ3v) is 4.02. The highest BCUT2D eigenvalue weighted by molar-refractivity contribution is 5.97. The van der Waals surface area contributed by atoms with E-state index in [-0.39, 0.29) is 11.7 Å². The molecule has 0 saturated heterocycles. The number of ether oxygens (including phenoxy) is 2. The van der Waals surface area contributed by atoms with Crippen LogP contribution in [0.3, 0.4) is 0 Å². The number of halogens is 2. The summed E-state index contributed by atoms with van der Waals surface area (Å²) in [7, 11) is 0. The second-order valence-electron chi connectivity index (χ2n) is 6.59. The summed E-state index contributed by atoms with van der Waals surface area (Å²) in [5.74, 6) is -0.887. The van der Waals surface area contributed by atoms with Gasteiger partial charge in [-0.25, -0.2) is 4.79 Å². The third-order valence-electron chi connectivity index (χ3n) is 4.02. The SMILES string of the molecule is CC(C)c1ccccc1NC(=O)[C@H](C)OC(=O)/C=C/c1ccc(OC(F)F)cc1. The van der Waals surface area contributed by atoms with Gasteiger partial charge in [0.15, 0.2) is 6.10 Å². The van der Waals surface area contributed by atoms with Crippen molar-refractivity contribution in [2.75, 3.05) is 5.32 Å². The molecule has 0 bridgehead atoms. The highest BCUT2D eigenvalue weighted by atomic mass is 19.3. The maximum absolute atomic E-state index is 12.3. The fourth-order valence-corrected chi connectivity index (χ4v) is 2.54. The fourth-order valence-electron chi connectivity index (χ4n) is 2.54. The van der Waals surface area contributed by atoms with Gasteiger partial charge in [0.2, 0.25) is 0 Å². The Labute approximate surface area is 168 Å². The highest BCUT2D eigenvalue weighted by Gasteiger charge is 2.18. The van der Waals surface area contributed by atoms with Gasteiger partial charge in [0.25, 0.3) is 5.91 Å². The summed E-state index contributed by atoms with van der Waals surface area (Å²) in [6, 6.07) is 13.2. The van der Waals surface area contributed by atoms with E-state index in [1.807, 2.05) is 32.0 Å². The number of carbonyl (C=O) groups excluding carboxylic acids is 2. The van der Waals surface area contributed by atoms with Crippen LogP contribution < -0.4 is 10.1 Å². The first-order valence-corrected chi connectivity index (χ1v) is 9.09. The second kappa shape index (κ2) is 10.4. The quantitative estimate of drug-likeness (QED) is 0.498. The van der Waals surface area contributed by atoms with Crippen LogP contribution in [0.15, 0.2) is 54.6 Å². The van der Waals surface area contributed by atoms with Crippen molar-refractivity contribution in [1.82, 2.24) is 0 Å². The van der Waals surface area contributed by atoms with Gasteiger partial charge in [0.05, 0.1) is 0 Å². The molecule has 0 heterocycles. The van der Waals surface area contributed by atoms with Crippen molar-refractivity contribution in [2.24, 2.45) is 0 Å². The summed E-state index contributed by atoms with van der Waals surface area (Å²) < 4.78 is 33.6. The van der Waals surface area contributed by atoms with Crippen LogP contribution in [0, 0.1) is 0 Å². The zero-order valence-electron chi connectivity index (χ0n) is 16.4. The minimum Gasteiger partial charge on any atom is -0.449 e. The van der Waals surface area contributed by atoms with Crippen molar-refractivity contribution in [2.45, 2.75) is 39.4 Å². The topological polar surface area (TPSA) is 64.6 Å². The zero-order valence-corrected chi connectivity index (χ0v) is 16.4. The smallest absolute Gasteiger partial charge is 0.387 e. The van der Waals surface area contributed by atoms with Gasteiger partial charge in [-0.1, -0.05) is 44.2 Å². The van der Waals surface area contributed by atoms with Crippen molar-refractivity contribution in [1.29, 1.82) is 0 Å². The molecule has 0 radical (unpaired) electrons. The van der Waals surface area contributed by atoms with E-state index < -0.39 is 24.6 Å². The van der Waals surface area contributed by atoms with Gasteiger partial charge in [0, 0.05) is 11.8 Å². The number of carbonyl (C=O) groups is 2. The molecular weight excluding hydrogens is 380 g/mol. The van der Waals surface area contributed by atoms with Gasteiger partial charge in [-0.15, -0.1) is 0 Å². The van der Waals surface area contributed by atoms with Crippen LogP contribution in [-0.2, 0) is 14.3 Å². The number of benzene rings is 2. The molecule has 0 aliphatic rings. The van der Waals surface area contributed by atoms with E-state index in [0.717, 1.165) is 11.6 Å². The van der Waals surface area contributed by atoms with Gasteiger partial charge in [-0.05, 0) is 48.2 Å².